The van der Waals surface area contributed by atoms with Crippen LogP contribution in [0.25, 0.3) is 0 Å². The standard InChI is InChI=1S/C9H15NO/c11-8-9(5-3-6-9)4-1-2-7-10-8/h1-7H2,(H,10,11). The Morgan fingerprint density at radius 3 is 2.45 bits per heavy atom. The molecule has 1 spiro atoms. The first kappa shape index (κ1) is 7.14. The van der Waals surface area contributed by atoms with Crippen LogP contribution in [0.2, 0.25) is 0 Å². The van der Waals surface area contributed by atoms with E-state index in [4.69, 9.17) is 0 Å². The Bertz CT molecular complexity index is 172. The molecule has 1 saturated heterocycles. The molecule has 0 unspecified atom stereocenters. The Hall–Kier alpha value is -0.530. The van der Waals surface area contributed by atoms with Crippen LogP contribution in [0.5, 0.6) is 0 Å². The van der Waals surface area contributed by atoms with E-state index in [1.807, 2.05) is 0 Å². The van der Waals surface area contributed by atoms with Crippen molar-refractivity contribution in [3.63, 3.8) is 0 Å². The molecule has 1 aliphatic heterocycles. The molecule has 0 radical (unpaired) electrons. The Kier molecular flexibility index (Phi) is 1.63. The molecular formula is C9H15NO. The quantitative estimate of drug-likeness (QED) is 0.561. The number of hydrogen-bond acceptors (Lipinski definition) is 1. The number of hydrogen-bond donors (Lipinski definition) is 1. The Morgan fingerprint density at radius 1 is 1.09 bits per heavy atom. The number of carbonyl (C=O) groups is 1. The summed E-state index contributed by atoms with van der Waals surface area (Å²) in [5.74, 6) is 0.334. The fourth-order valence-electron chi connectivity index (χ4n) is 2.17. The summed E-state index contributed by atoms with van der Waals surface area (Å²) >= 11 is 0. The zero-order chi connectivity index (χ0) is 7.73. The lowest BCUT2D eigenvalue weighted by Gasteiger charge is -2.39. The summed E-state index contributed by atoms with van der Waals surface area (Å²) in [6.45, 7) is 0.903. The van der Waals surface area contributed by atoms with Gasteiger partial charge in [-0.3, -0.25) is 4.79 Å². The third kappa shape index (κ3) is 1.05. The second-order valence-electron chi connectivity index (χ2n) is 3.85. The van der Waals surface area contributed by atoms with Gasteiger partial charge in [-0.2, -0.15) is 0 Å². The van der Waals surface area contributed by atoms with Gasteiger partial charge in [0.1, 0.15) is 0 Å². The lowest BCUT2D eigenvalue weighted by atomic mass is 9.66. The first-order valence-electron chi connectivity index (χ1n) is 4.62. The van der Waals surface area contributed by atoms with Crippen LogP contribution < -0.4 is 5.32 Å². The van der Waals surface area contributed by atoms with Crippen molar-refractivity contribution in [2.24, 2.45) is 5.41 Å². The van der Waals surface area contributed by atoms with E-state index in [1.165, 1.54) is 19.3 Å². The fraction of sp³-hybridized carbons (Fsp3) is 0.889. The van der Waals surface area contributed by atoms with Crippen molar-refractivity contribution in [1.82, 2.24) is 5.32 Å². The lowest BCUT2D eigenvalue weighted by molar-refractivity contribution is -0.135. The summed E-state index contributed by atoms with van der Waals surface area (Å²) < 4.78 is 0. The van der Waals surface area contributed by atoms with Gasteiger partial charge in [-0.1, -0.05) is 12.8 Å². The van der Waals surface area contributed by atoms with Crippen molar-refractivity contribution in [3.05, 3.63) is 0 Å². The minimum Gasteiger partial charge on any atom is -0.356 e. The average molecular weight is 153 g/mol. The van der Waals surface area contributed by atoms with Crippen molar-refractivity contribution in [2.45, 2.75) is 38.5 Å². The molecule has 11 heavy (non-hydrogen) atoms. The summed E-state index contributed by atoms with van der Waals surface area (Å²) in [6, 6.07) is 0. The van der Waals surface area contributed by atoms with Crippen LogP contribution in [-0.2, 0) is 4.79 Å². The minimum atomic E-state index is 0.0938. The van der Waals surface area contributed by atoms with E-state index in [-0.39, 0.29) is 5.41 Å². The normalized spacial score (nSPS) is 28.9. The number of amides is 1. The van der Waals surface area contributed by atoms with Crippen molar-refractivity contribution in [2.75, 3.05) is 6.54 Å². The molecule has 2 rings (SSSR count). The molecule has 0 atom stereocenters. The first-order chi connectivity index (χ1) is 5.33. The van der Waals surface area contributed by atoms with Gasteiger partial charge < -0.3 is 5.32 Å². The predicted molar refractivity (Wildman–Crippen MR) is 43.1 cm³/mol. The van der Waals surface area contributed by atoms with Crippen LogP contribution in [0.1, 0.15) is 38.5 Å². The van der Waals surface area contributed by atoms with Crippen LogP contribution in [0, 0.1) is 5.41 Å². The van der Waals surface area contributed by atoms with Gasteiger partial charge in [0.2, 0.25) is 5.91 Å². The van der Waals surface area contributed by atoms with Gasteiger partial charge in [-0.05, 0) is 25.7 Å². The summed E-state index contributed by atoms with van der Waals surface area (Å²) in [6.07, 6.45) is 7.08. The van der Waals surface area contributed by atoms with Crippen LogP contribution in [0.4, 0.5) is 0 Å². The van der Waals surface area contributed by atoms with Gasteiger partial charge in [0.05, 0.1) is 0 Å². The molecular weight excluding hydrogens is 138 g/mol. The van der Waals surface area contributed by atoms with E-state index in [0.717, 1.165) is 25.8 Å². The van der Waals surface area contributed by atoms with Crippen molar-refractivity contribution in [3.8, 4) is 0 Å². The van der Waals surface area contributed by atoms with Gasteiger partial charge in [0.15, 0.2) is 0 Å². The van der Waals surface area contributed by atoms with E-state index < -0.39 is 0 Å². The van der Waals surface area contributed by atoms with Gasteiger partial charge in [-0.15, -0.1) is 0 Å². The molecule has 2 nitrogen and oxygen atoms in total. The maximum Gasteiger partial charge on any atom is 0.226 e. The number of carbonyl (C=O) groups excluding carboxylic acids is 1. The monoisotopic (exact) mass is 153 g/mol. The van der Waals surface area contributed by atoms with Crippen molar-refractivity contribution in [1.29, 1.82) is 0 Å². The highest BCUT2D eigenvalue weighted by Crippen LogP contribution is 2.45. The molecule has 2 aliphatic rings. The highest BCUT2D eigenvalue weighted by molar-refractivity contribution is 5.83. The predicted octanol–water partition coefficient (Wildman–Crippen LogP) is 1.46. The van der Waals surface area contributed by atoms with Gasteiger partial charge in [-0.25, -0.2) is 0 Å². The van der Waals surface area contributed by atoms with Crippen LogP contribution in [0.15, 0.2) is 0 Å². The van der Waals surface area contributed by atoms with Crippen molar-refractivity contribution < 1.29 is 4.79 Å². The molecule has 2 heteroatoms. The molecule has 1 heterocycles. The van der Waals surface area contributed by atoms with Crippen LogP contribution in [-0.4, -0.2) is 12.5 Å². The molecule has 1 amide bonds. The lowest BCUT2D eigenvalue weighted by Crippen LogP contribution is -2.44. The highest BCUT2D eigenvalue weighted by atomic mass is 16.2. The van der Waals surface area contributed by atoms with E-state index in [1.54, 1.807) is 0 Å². The second-order valence-corrected chi connectivity index (χ2v) is 3.85. The minimum absolute atomic E-state index is 0.0938. The Balaban J connectivity index is 2.09. The van der Waals surface area contributed by atoms with Crippen LogP contribution >= 0.6 is 0 Å². The SMILES string of the molecule is O=C1NCCCCC12CCC2. The topological polar surface area (TPSA) is 29.1 Å². The van der Waals surface area contributed by atoms with E-state index >= 15 is 0 Å². The zero-order valence-corrected chi connectivity index (χ0v) is 6.86. The van der Waals surface area contributed by atoms with Gasteiger partial charge >= 0.3 is 0 Å². The molecule has 1 saturated carbocycles. The average Bonchev–Trinajstić information content (AvgIpc) is 2.09. The molecule has 1 aliphatic carbocycles. The molecule has 0 aromatic rings. The smallest absolute Gasteiger partial charge is 0.226 e. The summed E-state index contributed by atoms with van der Waals surface area (Å²) in [5.41, 5.74) is 0.0938. The van der Waals surface area contributed by atoms with Crippen LogP contribution in [0.3, 0.4) is 0 Å². The third-order valence-corrected chi connectivity index (χ3v) is 3.16. The molecule has 0 aromatic carbocycles. The number of nitrogens with one attached hydrogen (secondary N) is 1. The molecule has 0 aromatic heterocycles. The van der Waals surface area contributed by atoms with E-state index in [0.29, 0.717) is 5.91 Å². The second kappa shape index (κ2) is 2.50. The summed E-state index contributed by atoms with van der Waals surface area (Å²) in [4.78, 5) is 11.5. The highest BCUT2D eigenvalue weighted by Gasteiger charge is 2.43. The van der Waals surface area contributed by atoms with E-state index in [2.05, 4.69) is 5.32 Å². The Labute approximate surface area is 67.4 Å². The molecule has 2 fully saturated rings. The summed E-state index contributed by atoms with van der Waals surface area (Å²) in [7, 11) is 0. The van der Waals surface area contributed by atoms with Crippen molar-refractivity contribution >= 4 is 5.91 Å². The summed E-state index contributed by atoms with van der Waals surface area (Å²) in [5, 5.41) is 3.00. The first-order valence-corrected chi connectivity index (χ1v) is 4.62. The maximum atomic E-state index is 11.5. The molecule has 1 N–H and O–H groups in total. The molecule has 0 bridgehead atoms. The largest absolute Gasteiger partial charge is 0.356 e. The Morgan fingerprint density at radius 2 is 1.82 bits per heavy atom. The fourth-order valence-corrected chi connectivity index (χ4v) is 2.17. The number of rotatable bonds is 0. The van der Waals surface area contributed by atoms with E-state index in [9.17, 15) is 4.79 Å². The van der Waals surface area contributed by atoms with Gasteiger partial charge in [0.25, 0.3) is 0 Å². The maximum absolute atomic E-state index is 11.5. The third-order valence-electron chi connectivity index (χ3n) is 3.16. The molecule has 62 valence electrons. The zero-order valence-electron chi connectivity index (χ0n) is 6.86. The van der Waals surface area contributed by atoms with Gasteiger partial charge in [0, 0.05) is 12.0 Å².